The van der Waals surface area contributed by atoms with Crippen molar-refractivity contribution in [3.8, 4) is 0 Å². The lowest BCUT2D eigenvalue weighted by molar-refractivity contribution is -0.384. The van der Waals surface area contributed by atoms with E-state index in [1.165, 1.54) is 18.2 Å². The number of carbonyl (C=O) groups excluding carboxylic acids is 1. The van der Waals surface area contributed by atoms with Gasteiger partial charge in [0.15, 0.2) is 0 Å². The largest absolute Gasteiger partial charge is 0.382 e. The number of amides is 1. The van der Waals surface area contributed by atoms with Gasteiger partial charge in [-0.05, 0) is 19.4 Å². The number of anilines is 1. The molecule has 0 heterocycles. The van der Waals surface area contributed by atoms with Crippen LogP contribution >= 0.6 is 0 Å². The summed E-state index contributed by atoms with van der Waals surface area (Å²) in [6.45, 7) is 3.49. The number of nitrogens with two attached hydrogens (primary N) is 1. The first-order valence-electron chi connectivity index (χ1n) is 6.21. The number of hydrazine groups is 1. The molecule has 0 aromatic heterocycles. The van der Waals surface area contributed by atoms with Gasteiger partial charge in [0.05, 0.1) is 10.5 Å². The Kier molecular flexibility index (Phi) is 6.41. The first-order chi connectivity index (χ1) is 9.61. The topological polar surface area (TPSA) is 120 Å². The molecule has 0 saturated carbocycles. The molecule has 0 aliphatic carbocycles. The van der Waals surface area contributed by atoms with E-state index in [-0.39, 0.29) is 16.9 Å². The summed E-state index contributed by atoms with van der Waals surface area (Å²) in [5.74, 6) is 4.85. The van der Waals surface area contributed by atoms with Gasteiger partial charge in [0.25, 0.3) is 11.6 Å². The standard InChI is InChI=1S/C12H18N4O4/c1-2-20-8-4-7-14-12(17)9-5-3-6-10(16(18)19)11(9)15-13/h3,5-6,15H,2,4,7-8,13H2,1H3,(H,14,17). The maximum atomic E-state index is 12.0. The summed E-state index contributed by atoms with van der Waals surface area (Å²) in [5.41, 5.74) is 2.11. The molecular weight excluding hydrogens is 264 g/mol. The lowest BCUT2D eigenvalue weighted by Gasteiger charge is -2.10. The Morgan fingerprint density at radius 3 is 2.85 bits per heavy atom. The van der Waals surface area contributed by atoms with Crippen molar-refractivity contribution in [2.75, 3.05) is 25.2 Å². The number of para-hydroxylation sites is 1. The summed E-state index contributed by atoms with van der Waals surface area (Å²) < 4.78 is 5.14. The Balaban J connectivity index is 2.72. The van der Waals surface area contributed by atoms with Gasteiger partial charge in [-0.1, -0.05) is 6.07 Å². The van der Waals surface area contributed by atoms with Gasteiger partial charge in [-0.25, -0.2) is 0 Å². The van der Waals surface area contributed by atoms with E-state index in [0.29, 0.717) is 26.2 Å². The summed E-state index contributed by atoms with van der Waals surface area (Å²) in [6, 6.07) is 4.19. The molecule has 1 aromatic carbocycles. The van der Waals surface area contributed by atoms with Crippen LogP contribution in [0.5, 0.6) is 0 Å². The van der Waals surface area contributed by atoms with Crippen LogP contribution in [0.4, 0.5) is 11.4 Å². The number of nitro groups is 1. The molecule has 0 aliphatic heterocycles. The van der Waals surface area contributed by atoms with Crippen LogP contribution in [0.15, 0.2) is 18.2 Å². The number of rotatable bonds is 8. The summed E-state index contributed by atoms with van der Waals surface area (Å²) in [4.78, 5) is 22.2. The molecule has 0 atom stereocenters. The van der Waals surface area contributed by atoms with Crippen molar-refractivity contribution in [2.24, 2.45) is 5.84 Å². The highest BCUT2D eigenvalue weighted by atomic mass is 16.6. The molecule has 0 spiro atoms. The number of benzene rings is 1. The first-order valence-corrected chi connectivity index (χ1v) is 6.21. The van der Waals surface area contributed by atoms with Crippen LogP contribution in [-0.2, 0) is 4.74 Å². The smallest absolute Gasteiger partial charge is 0.294 e. The zero-order valence-corrected chi connectivity index (χ0v) is 11.2. The van der Waals surface area contributed by atoms with Crippen molar-refractivity contribution in [3.63, 3.8) is 0 Å². The fourth-order valence-electron chi connectivity index (χ4n) is 1.65. The zero-order valence-electron chi connectivity index (χ0n) is 11.2. The first kappa shape index (κ1) is 15.9. The minimum atomic E-state index is -0.596. The molecule has 0 bridgehead atoms. The third-order valence-corrected chi connectivity index (χ3v) is 2.58. The molecule has 1 aromatic rings. The number of hydrogen-bond acceptors (Lipinski definition) is 6. The minimum absolute atomic E-state index is 0.000178. The molecule has 8 nitrogen and oxygen atoms in total. The molecule has 4 N–H and O–H groups in total. The second kappa shape index (κ2) is 8.08. The molecule has 1 amide bonds. The average molecular weight is 282 g/mol. The molecular formula is C12H18N4O4. The second-order valence-electron chi connectivity index (χ2n) is 3.91. The monoisotopic (exact) mass is 282 g/mol. The van der Waals surface area contributed by atoms with Gasteiger partial charge in [0.1, 0.15) is 5.69 Å². The fraction of sp³-hybridized carbons (Fsp3) is 0.417. The van der Waals surface area contributed by atoms with Crippen LogP contribution in [0, 0.1) is 10.1 Å². The molecule has 110 valence electrons. The number of carbonyl (C=O) groups is 1. The van der Waals surface area contributed by atoms with Crippen LogP contribution in [0.3, 0.4) is 0 Å². The van der Waals surface area contributed by atoms with Crippen molar-refractivity contribution < 1.29 is 14.5 Å². The lowest BCUT2D eigenvalue weighted by atomic mass is 10.1. The van der Waals surface area contributed by atoms with Crippen LogP contribution in [0.25, 0.3) is 0 Å². The summed E-state index contributed by atoms with van der Waals surface area (Å²) >= 11 is 0. The Morgan fingerprint density at radius 2 is 2.25 bits per heavy atom. The number of hydrogen-bond donors (Lipinski definition) is 3. The van der Waals surface area contributed by atoms with Crippen LogP contribution in [0.2, 0.25) is 0 Å². The quantitative estimate of drug-likeness (QED) is 0.283. The molecule has 0 unspecified atom stereocenters. The van der Waals surface area contributed by atoms with E-state index >= 15 is 0 Å². The van der Waals surface area contributed by atoms with Gasteiger partial charge in [-0.3, -0.25) is 20.8 Å². The van der Waals surface area contributed by atoms with Crippen molar-refractivity contribution in [1.29, 1.82) is 0 Å². The molecule has 0 radical (unpaired) electrons. The average Bonchev–Trinajstić information content (AvgIpc) is 2.45. The number of nitrogens with zero attached hydrogens (tertiary/aromatic N) is 1. The zero-order chi connectivity index (χ0) is 15.0. The molecule has 0 aliphatic rings. The van der Waals surface area contributed by atoms with E-state index in [1.54, 1.807) is 0 Å². The highest BCUT2D eigenvalue weighted by Crippen LogP contribution is 2.27. The van der Waals surface area contributed by atoms with Gasteiger partial charge >= 0.3 is 0 Å². The SMILES string of the molecule is CCOCCCNC(=O)c1cccc([N+](=O)[O-])c1NN. The van der Waals surface area contributed by atoms with E-state index < -0.39 is 10.8 Å². The minimum Gasteiger partial charge on any atom is -0.382 e. The second-order valence-corrected chi connectivity index (χ2v) is 3.91. The maximum Gasteiger partial charge on any atom is 0.294 e. The van der Waals surface area contributed by atoms with Gasteiger partial charge < -0.3 is 15.5 Å². The predicted octanol–water partition coefficient (Wildman–Crippen LogP) is 1.04. The maximum absolute atomic E-state index is 12.0. The van der Waals surface area contributed by atoms with Crippen LogP contribution in [0.1, 0.15) is 23.7 Å². The van der Waals surface area contributed by atoms with E-state index in [2.05, 4.69) is 10.7 Å². The van der Waals surface area contributed by atoms with Crippen LogP contribution in [-0.4, -0.2) is 30.6 Å². The number of nitrogen functional groups attached to an aromatic ring is 1. The normalized spacial score (nSPS) is 10.1. The highest BCUT2D eigenvalue weighted by molar-refractivity contribution is 6.01. The van der Waals surface area contributed by atoms with E-state index in [1.807, 2.05) is 6.92 Å². The van der Waals surface area contributed by atoms with E-state index in [9.17, 15) is 14.9 Å². The fourth-order valence-corrected chi connectivity index (χ4v) is 1.65. The van der Waals surface area contributed by atoms with Crippen LogP contribution < -0.4 is 16.6 Å². The summed E-state index contributed by atoms with van der Waals surface area (Å²) in [6.07, 6.45) is 0.667. The Labute approximate surface area is 116 Å². The Morgan fingerprint density at radius 1 is 1.50 bits per heavy atom. The summed E-state index contributed by atoms with van der Waals surface area (Å²) in [5, 5.41) is 13.5. The van der Waals surface area contributed by atoms with Gasteiger partial charge in [-0.15, -0.1) is 0 Å². The predicted molar refractivity (Wildman–Crippen MR) is 74.3 cm³/mol. The third-order valence-electron chi connectivity index (χ3n) is 2.58. The van der Waals surface area contributed by atoms with Gasteiger partial charge in [0.2, 0.25) is 0 Å². The van der Waals surface area contributed by atoms with E-state index in [0.717, 1.165) is 0 Å². The molecule has 8 heteroatoms. The number of ether oxygens (including phenoxy) is 1. The Hall–Kier alpha value is -2.19. The molecule has 0 saturated heterocycles. The van der Waals surface area contributed by atoms with E-state index in [4.69, 9.17) is 10.6 Å². The van der Waals surface area contributed by atoms with Gasteiger partial charge in [-0.2, -0.15) is 0 Å². The molecule has 1 rings (SSSR count). The highest BCUT2D eigenvalue weighted by Gasteiger charge is 2.20. The number of nitro benzene ring substituents is 1. The van der Waals surface area contributed by atoms with Crippen molar-refractivity contribution in [3.05, 3.63) is 33.9 Å². The van der Waals surface area contributed by atoms with Crippen molar-refractivity contribution >= 4 is 17.3 Å². The van der Waals surface area contributed by atoms with Gasteiger partial charge in [0, 0.05) is 25.8 Å². The Bertz CT molecular complexity index is 479. The lowest BCUT2D eigenvalue weighted by Crippen LogP contribution is -2.27. The van der Waals surface area contributed by atoms with Crippen molar-refractivity contribution in [2.45, 2.75) is 13.3 Å². The molecule has 0 fully saturated rings. The van der Waals surface area contributed by atoms with Crippen molar-refractivity contribution in [1.82, 2.24) is 5.32 Å². The molecule has 20 heavy (non-hydrogen) atoms. The third kappa shape index (κ3) is 4.18. The number of nitrogens with one attached hydrogen (secondary N) is 2. The summed E-state index contributed by atoms with van der Waals surface area (Å²) in [7, 11) is 0.